The molecule has 0 rings (SSSR count). The molecule has 0 aromatic heterocycles. The van der Waals surface area contributed by atoms with Gasteiger partial charge in [-0.1, -0.05) is 299 Å². The fraction of sp³-hybridized carbons (Fsp3) is 0.944. The number of phosphoric ester groups is 2. The van der Waals surface area contributed by atoms with Gasteiger partial charge in [0, 0.05) is 25.7 Å². The number of hydrogen-bond acceptors (Lipinski definition) is 15. The molecule has 0 aliphatic carbocycles. The lowest BCUT2D eigenvalue weighted by molar-refractivity contribution is -0.161. The normalized spacial score (nSPS) is 14.9. The highest BCUT2D eigenvalue weighted by Crippen LogP contribution is 2.45. The molecule has 3 N–H and O–H groups in total. The van der Waals surface area contributed by atoms with Gasteiger partial charge in [0.1, 0.15) is 19.3 Å². The lowest BCUT2D eigenvalue weighted by Crippen LogP contribution is -2.30. The second kappa shape index (κ2) is 60.7. The molecular weight excluding hydrogens is 1190 g/mol. The third-order valence-electron chi connectivity index (χ3n) is 17.0. The molecule has 0 radical (unpaired) electrons. The van der Waals surface area contributed by atoms with Crippen molar-refractivity contribution in [3.8, 4) is 0 Å². The monoisotopic (exact) mass is 1320 g/mol. The number of esters is 4. The summed E-state index contributed by atoms with van der Waals surface area (Å²) in [6, 6.07) is 0. The summed E-state index contributed by atoms with van der Waals surface area (Å²) in [5.74, 6) is 0.869. The summed E-state index contributed by atoms with van der Waals surface area (Å²) in [6.45, 7) is 14.1. The Morgan fingerprint density at radius 1 is 0.311 bits per heavy atom. The topological polar surface area (TPSA) is 237 Å². The van der Waals surface area contributed by atoms with E-state index in [2.05, 4.69) is 55.4 Å². The van der Waals surface area contributed by atoms with E-state index in [1.807, 2.05) is 0 Å². The van der Waals surface area contributed by atoms with E-state index in [0.29, 0.717) is 31.6 Å². The van der Waals surface area contributed by atoms with Crippen LogP contribution in [-0.4, -0.2) is 96.7 Å². The molecule has 7 atom stereocenters. The summed E-state index contributed by atoms with van der Waals surface area (Å²) < 4.78 is 68.3. The largest absolute Gasteiger partial charge is 0.472 e. The Morgan fingerprint density at radius 3 is 0.789 bits per heavy atom. The number of phosphoric acid groups is 2. The van der Waals surface area contributed by atoms with Gasteiger partial charge in [-0.05, 0) is 49.4 Å². The molecule has 0 fully saturated rings. The van der Waals surface area contributed by atoms with Crippen LogP contribution in [0.25, 0.3) is 0 Å². The number of rotatable bonds is 68. The Labute approximate surface area is 549 Å². The molecule has 0 aliphatic rings. The van der Waals surface area contributed by atoms with Gasteiger partial charge in [0.2, 0.25) is 0 Å². The van der Waals surface area contributed by atoms with Gasteiger partial charge in [-0.3, -0.25) is 37.3 Å². The van der Waals surface area contributed by atoms with Gasteiger partial charge in [0.25, 0.3) is 0 Å². The number of carbonyl (C=O) groups excluding carboxylic acids is 4. The van der Waals surface area contributed by atoms with Crippen molar-refractivity contribution in [3.63, 3.8) is 0 Å². The Hall–Kier alpha value is -1.94. The highest BCUT2D eigenvalue weighted by atomic mass is 31.2. The minimum Gasteiger partial charge on any atom is -0.462 e. The van der Waals surface area contributed by atoms with Crippen LogP contribution in [0.1, 0.15) is 351 Å². The predicted molar refractivity (Wildman–Crippen MR) is 363 cm³/mol. The van der Waals surface area contributed by atoms with Crippen LogP contribution < -0.4 is 0 Å². The van der Waals surface area contributed by atoms with Crippen molar-refractivity contribution in [2.24, 2.45) is 23.7 Å². The first-order valence-electron chi connectivity index (χ1n) is 36.8. The van der Waals surface area contributed by atoms with E-state index in [9.17, 15) is 43.2 Å². The van der Waals surface area contributed by atoms with Gasteiger partial charge in [0.15, 0.2) is 12.2 Å². The lowest BCUT2D eigenvalue weighted by atomic mass is 9.99. The zero-order valence-corrected chi connectivity index (χ0v) is 60.6. The van der Waals surface area contributed by atoms with Crippen molar-refractivity contribution >= 4 is 39.5 Å². The predicted octanol–water partition coefficient (Wildman–Crippen LogP) is 20.1. The number of aliphatic hydroxyl groups excluding tert-OH is 1. The Balaban J connectivity index is 5.23. The van der Waals surface area contributed by atoms with E-state index in [4.69, 9.17) is 37.0 Å². The molecule has 0 aliphatic heterocycles. The van der Waals surface area contributed by atoms with Crippen LogP contribution in [0.3, 0.4) is 0 Å². The van der Waals surface area contributed by atoms with Crippen LogP contribution in [0.4, 0.5) is 0 Å². The molecule has 0 saturated carbocycles. The zero-order valence-electron chi connectivity index (χ0n) is 58.8. The van der Waals surface area contributed by atoms with Crippen molar-refractivity contribution < 1.29 is 80.2 Å². The van der Waals surface area contributed by atoms with Crippen molar-refractivity contribution in [1.82, 2.24) is 0 Å². The third kappa shape index (κ3) is 62.2. The summed E-state index contributed by atoms with van der Waals surface area (Å²) in [5.41, 5.74) is 0. The number of carbonyl (C=O) groups is 4. The van der Waals surface area contributed by atoms with Gasteiger partial charge in [-0.25, -0.2) is 9.13 Å². The number of hydrogen-bond donors (Lipinski definition) is 3. The number of unbranched alkanes of at least 4 members (excludes halogenated alkanes) is 32. The van der Waals surface area contributed by atoms with Gasteiger partial charge >= 0.3 is 39.5 Å². The first-order valence-corrected chi connectivity index (χ1v) is 39.8. The van der Waals surface area contributed by atoms with E-state index in [1.54, 1.807) is 0 Å². The summed E-state index contributed by atoms with van der Waals surface area (Å²) in [4.78, 5) is 72.5. The minimum atomic E-state index is -4.95. The quantitative estimate of drug-likeness (QED) is 0.0222. The standard InChI is InChI=1S/C71H138O17P2/c1-9-63(7)49-41-33-24-20-17-18-22-26-37-45-53-70(75)87-66(57-81-68(73)51-43-35-25-21-16-14-12-11-13-15-19-23-31-39-47-61(3)4)59-85-89(77,78)83-55-65(72)56-84-90(79,80)86-60-67(88-71(76)54-46-38-29-27-32-40-48-62(5)6)58-82-69(74)52-44-36-30-28-34-42-50-64(8)10-2/h61-67,72H,9-60H2,1-8H3,(H,77,78)(H,79,80)/t63?,64?,65-,66-,67-/m1/s1. The molecule has 0 amide bonds. The van der Waals surface area contributed by atoms with E-state index < -0.39 is 97.5 Å². The van der Waals surface area contributed by atoms with Crippen molar-refractivity contribution in [2.75, 3.05) is 39.6 Å². The van der Waals surface area contributed by atoms with Crippen LogP contribution in [0.15, 0.2) is 0 Å². The van der Waals surface area contributed by atoms with Gasteiger partial charge in [-0.15, -0.1) is 0 Å². The highest BCUT2D eigenvalue weighted by Gasteiger charge is 2.30. The molecule has 0 saturated heterocycles. The molecule has 0 aromatic carbocycles. The van der Waals surface area contributed by atoms with Crippen LogP contribution in [0.2, 0.25) is 0 Å². The summed E-state index contributed by atoms with van der Waals surface area (Å²) in [7, 11) is -9.90. The SMILES string of the molecule is CCC(C)CCCCCCCCCCCCC(=O)O[C@H](COC(=O)CCCCCCCCCCCCCCCCC(C)C)COP(=O)(O)OC[C@@H](O)COP(=O)(O)OC[C@@H](COC(=O)CCCCCCCCC(C)CC)OC(=O)CCCCCCCCC(C)C. The van der Waals surface area contributed by atoms with E-state index >= 15 is 0 Å². The average molecular weight is 1330 g/mol. The fourth-order valence-corrected chi connectivity index (χ4v) is 12.2. The van der Waals surface area contributed by atoms with Gasteiger partial charge in [0.05, 0.1) is 26.4 Å². The smallest absolute Gasteiger partial charge is 0.462 e. The van der Waals surface area contributed by atoms with Crippen LogP contribution in [0, 0.1) is 23.7 Å². The summed E-state index contributed by atoms with van der Waals surface area (Å²) in [5, 5.41) is 10.6. The highest BCUT2D eigenvalue weighted by molar-refractivity contribution is 7.47. The van der Waals surface area contributed by atoms with E-state index in [1.165, 1.54) is 148 Å². The maximum atomic E-state index is 13.0. The summed E-state index contributed by atoms with van der Waals surface area (Å²) >= 11 is 0. The average Bonchev–Trinajstić information content (AvgIpc) is 3.41. The molecular formula is C71H138O17P2. The van der Waals surface area contributed by atoms with E-state index in [-0.39, 0.29) is 25.7 Å². The molecule has 0 spiro atoms. The number of aliphatic hydroxyl groups is 1. The van der Waals surface area contributed by atoms with Crippen molar-refractivity contribution in [1.29, 1.82) is 0 Å². The Kier molecular flexibility index (Phi) is 59.4. The van der Waals surface area contributed by atoms with Crippen molar-refractivity contribution in [3.05, 3.63) is 0 Å². The summed E-state index contributed by atoms with van der Waals surface area (Å²) in [6.07, 6.45) is 43.2. The zero-order chi connectivity index (χ0) is 66.8. The van der Waals surface area contributed by atoms with Gasteiger partial charge < -0.3 is 33.8 Å². The Morgan fingerprint density at radius 2 is 0.533 bits per heavy atom. The molecule has 0 heterocycles. The fourth-order valence-electron chi connectivity index (χ4n) is 10.6. The molecule has 17 nitrogen and oxygen atoms in total. The maximum Gasteiger partial charge on any atom is 0.472 e. The minimum absolute atomic E-state index is 0.101. The maximum absolute atomic E-state index is 13.0. The second-order valence-electron chi connectivity index (χ2n) is 27.1. The first kappa shape index (κ1) is 88.1. The molecule has 19 heteroatoms. The molecule has 534 valence electrons. The molecule has 0 aromatic rings. The van der Waals surface area contributed by atoms with Crippen molar-refractivity contribution in [2.45, 2.75) is 369 Å². The van der Waals surface area contributed by atoms with Crippen LogP contribution >= 0.6 is 15.6 Å². The third-order valence-corrected chi connectivity index (χ3v) is 18.9. The Bertz CT molecular complexity index is 1790. The van der Waals surface area contributed by atoms with E-state index in [0.717, 1.165) is 114 Å². The first-order chi connectivity index (χ1) is 43.2. The molecule has 4 unspecified atom stereocenters. The van der Waals surface area contributed by atoms with Gasteiger partial charge in [-0.2, -0.15) is 0 Å². The number of ether oxygens (including phenoxy) is 4. The second-order valence-corrected chi connectivity index (χ2v) is 30.0. The lowest BCUT2D eigenvalue weighted by Gasteiger charge is -2.21. The van der Waals surface area contributed by atoms with Crippen LogP contribution in [-0.2, 0) is 65.4 Å². The molecule has 90 heavy (non-hydrogen) atoms. The molecule has 0 bridgehead atoms. The van der Waals surface area contributed by atoms with Crippen LogP contribution in [0.5, 0.6) is 0 Å².